The number of ether oxygens (including phenoxy) is 1. The first-order valence-corrected chi connectivity index (χ1v) is 6.62. The lowest BCUT2D eigenvalue weighted by molar-refractivity contribution is -0.0231. The first-order valence-electron chi connectivity index (χ1n) is 6.62. The van der Waals surface area contributed by atoms with Gasteiger partial charge in [-0.05, 0) is 13.0 Å². The number of pyridine rings is 1. The van der Waals surface area contributed by atoms with Crippen LogP contribution < -0.4 is 5.56 Å². The fourth-order valence-electron chi connectivity index (χ4n) is 2.46. The maximum atomic E-state index is 13.5. The van der Waals surface area contributed by atoms with Gasteiger partial charge in [-0.3, -0.25) is 4.79 Å². The summed E-state index contributed by atoms with van der Waals surface area (Å²) in [6, 6.07) is 1.25. The molecule has 0 spiro atoms. The van der Waals surface area contributed by atoms with Crippen molar-refractivity contribution in [2.45, 2.75) is 31.3 Å². The molecular weight excluding hydrogens is 297 g/mol. The lowest BCUT2D eigenvalue weighted by Gasteiger charge is -2.14. The van der Waals surface area contributed by atoms with E-state index in [0.29, 0.717) is 0 Å². The number of aromatic amines is 1. The van der Waals surface area contributed by atoms with Crippen molar-refractivity contribution in [2.24, 2.45) is 0 Å². The number of aliphatic hydroxyl groups excluding tert-OH is 3. The van der Waals surface area contributed by atoms with E-state index in [0.717, 1.165) is 0 Å². The normalized spacial score (nSPS) is 28.4. The van der Waals surface area contributed by atoms with E-state index in [9.17, 15) is 19.4 Å². The van der Waals surface area contributed by atoms with Crippen molar-refractivity contribution in [3.8, 4) is 0 Å². The van der Waals surface area contributed by atoms with Crippen LogP contribution in [0, 0.1) is 12.9 Å². The molecule has 3 rings (SSSR count). The van der Waals surface area contributed by atoms with Crippen LogP contribution in [0.3, 0.4) is 0 Å². The zero-order valence-electron chi connectivity index (χ0n) is 11.5. The molecule has 4 N–H and O–H groups in total. The van der Waals surface area contributed by atoms with Crippen molar-refractivity contribution >= 4 is 11.2 Å². The molecule has 2 unspecified atom stereocenters. The van der Waals surface area contributed by atoms with Crippen LogP contribution in [0.1, 0.15) is 17.4 Å². The van der Waals surface area contributed by atoms with E-state index in [1.54, 1.807) is 0 Å². The molecule has 22 heavy (non-hydrogen) atoms. The fourth-order valence-corrected chi connectivity index (χ4v) is 2.46. The highest BCUT2D eigenvalue weighted by atomic mass is 19.1. The summed E-state index contributed by atoms with van der Waals surface area (Å²) in [5.74, 6) is -0.772. The van der Waals surface area contributed by atoms with Crippen molar-refractivity contribution < 1.29 is 24.4 Å². The van der Waals surface area contributed by atoms with Crippen LogP contribution in [0.4, 0.5) is 4.39 Å². The van der Waals surface area contributed by atoms with Crippen LogP contribution in [-0.4, -0.2) is 55.2 Å². The summed E-state index contributed by atoms with van der Waals surface area (Å²) in [5, 5.41) is 28.8. The summed E-state index contributed by atoms with van der Waals surface area (Å²) in [6.07, 6.45) is -4.87. The first-order chi connectivity index (χ1) is 10.4. The Balaban J connectivity index is 2.10. The number of fused-ring (bicyclic) bond motifs is 1. The highest BCUT2D eigenvalue weighted by Crippen LogP contribution is 2.32. The number of nitrogens with zero attached hydrogens (tertiary/aromatic N) is 2. The molecule has 3 heterocycles. The molecule has 0 saturated carbocycles. The van der Waals surface area contributed by atoms with Gasteiger partial charge in [0.1, 0.15) is 29.9 Å². The van der Waals surface area contributed by atoms with Crippen LogP contribution in [-0.2, 0) is 4.74 Å². The van der Waals surface area contributed by atoms with Crippen LogP contribution >= 0.6 is 0 Å². The minimum Gasteiger partial charge on any atom is -0.394 e. The van der Waals surface area contributed by atoms with E-state index in [4.69, 9.17) is 9.84 Å². The summed E-state index contributed by atoms with van der Waals surface area (Å²) < 4.78 is 18.8. The van der Waals surface area contributed by atoms with E-state index in [1.165, 1.54) is 13.0 Å². The van der Waals surface area contributed by atoms with Gasteiger partial charge < -0.3 is 25.0 Å². The molecule has 2 aromatic heterocycles. The van der Waals surface area contributed by atoms with Gasteiger partial charge in [0.2, 0.25) is 5.95 Å². The number of aliphatic hydroxyl groups is 3. The molecule has 1 aliphatic rings. The van der Waals surface area contributed by atoms with Crippen LogP contribution in [0.15, 0.2) is 10.9 Å². The molecule has 0 bridgehead atoms. The Hall–Kier alpha value is -1.94. The summed E-state index contributed by atoms with van der Waals surface area (Å²) in [7, 11) is 0. The van der Waals surface area contributed by atoms with Gasteiger partial charge in [-0.15, -0.1) is 0 Å². The lowest BCUT2D eigenvalue weighted by Crippen LogP contribution is -2.33. The zero-order chi connectivity index (χ0) is 16.0. The standard InChI is InChI=1S/C13H14FN3O5/c1-4-11(14)16-6-2-5(13(21)17-12(6)15-4)10-9(20)8(19)7(3-18)22-10/h2,7-10,18-20H,3H2,1H3,(H,15,17,21)/t7-,8?,9?,10+/m1/s1. The maximum Gasteiger partial charge on any atom is 0.255 e. The number of aromatic nitrogens is 3. The van der Waals surface area contributed by atoms with Crippen LogP contribution in [0.5, 0.6) is 0 Å². The molecule has 9 heteroatoms. The second-order valence-corrected chi connectivity index (χ2v) is 5.15. The Bertz CT molecular complexity index is 780. The zero-order valence-corrected chi connectivity index (χ0v) is 11.5. The summed E-state index contributed by atoms with van der Waals surface area (Å²) in [4.78, 5) is 22.1. The Morgan fingerprint density at radius 1 is 1.36 bits per heavy atom. The second-order valence-electron chi connectivity index (χ2n) is 5.15. The molecule has 1 aliphatic heterocycles. The van der Waals surface area contributed by atoms with Gasteiger partial charge >= 0.3 is 0 Å². The molecule has 0 amide bonds. The van der Waals surface area contributed by atoms with E-state index in [-0.39, 0.29) is 22.4 Å². The number of hydrogen-bond acceptors (Lipinski definition) is 7. The number of nitrogens with one attached hydrogen (secondary N) is 1. The Labute approximate surface area is 123 Å². The minimum absolute atomic E-state index is 0.0208. The third kappa shape index (κ3) is 2.28. The van der Waals surface area contributed by atoms with Crippen molar-refractivity contribution in [1.29, 1.82) is 0 Å². The largest absolute Gasteiger partial charge is 0.394 e. The van der Waals surface area contributed by atoms with Gasteiger partial charge in [-0.1, -0.05) is 0 Å². The third-order valence-corrected chi connectivity index (χ3v) is 3.67. The van der Waals surface area contributed by atoms with Gasteiger partial charge in [0, 0.05) is 0 Å². The van der Waals surface area contributed by atoms with Gasteiger partial charge in [-0.25, -0.2) is 9.97 Å². The predicted octanol–water partition coefficient (Wildman–Crippen LogP) is -1.08. The molecule has 1 saturated heterocycles. The number of halogens is 1. The lowest BCUT2D eigenvalue weighted by atomic mass is 10.0. The average Bonchev–Trinajstić information content (AvgIpc) is 2.76. The van der Waals surface area contributed by atoms with E-state index in [1.807, 2.05) is 0 Å². The molecule has 0 radical (unpaired) electrons. The Morgan fingerprint density at radius 2 is 2.09 bits per heavy atom. The number of aryl methyl sites for hydroxylation is 1. The molecule has 8 nitrogen and oxygen atoms in total. The van der Waals surface area contributed by atoms with Gasteiger partial charge in [0.05, 0.1) is 17.9 Å². The number of H-pyrrole nitrogens is 1. The van der Waals surface area contributed by atoms with Crippen molar-refractivity contribution in [3.05, 3.63) is 33.6 Å². The van der Waals surface area contributed by atoms with E-state index >= 15 is 0 Å². The van der Waals surface area contributed by atoms with Crippen molar-refractivity contribution in [1.82, 2.24) is 15.0 Å². The monoisotopic (exact) mass is 311 g/mol. The molecule has 1 fully saturated rings. The second kappa shape index (κ2) is 5.36. The SMILES string of the molecule is Cc1nc2[nH]c(=O)c([C@@H]3O[C@H](CO)C(O)C3O)cc2nc1F. The first kappa shape index (κ1) is 15.0. The summed E-state index contributed by atoms with van der Waals surface area (Å²) in [6.45, 7) is 0.911. The predicted molar refractivity (Wildman–Crippen MR) is 71.6 cm³/mol. The van der Waals surface area contributed by atoms with Crippen LogP contribution in [0.25, 0.3) is 11.2 Å². The minimum atomic E-state index is -1.39. The Kier molecular flexibility index (Phi) is 3.65. The molecule has 0 aromatic carbocycles. The van der Waals surface area contributed by atoms with Gasteiger partial charge in [0.25, 0.3) is 5.56 Å². The average molecular weight is 311 g/mol. The quantitative estimate of drug-likeness (QED) is 0.555. The van der Waals surface area contributed by atoms with Gasteiger partial charge in [-0.2, -0.15) is 4.39 Å². The topological polar surface area (TPSA) is 129 Å². The summed E-state index contributed by atoms with van der Waals surface area (Å²) in [5.41, 5.74) is -0.367. The van der Waals surface area contributed by atoms with Crippen molar-refractivity contribution in [3.63, 3.8) is 0 Å². The van der Waals surface area contributed by atoms with Crippen LogP contribution in [0.2, 0.25) is 0 Å². The fraction of sp³-hybridized carbons (Fsp3) is 0.462. The highest BCUT2D eigenvalue weighted by molar-refractivity contribution is 5.70. The molecule has 0 aliphatic carbocycles. The smallest absolute Gasteiger partial charge is 0.255 e. The van der Waals surface area contributed by atoms with Crippen molar-refractivity contribution in [2.75, 3.05) is 6.61 Å². The highest BCUT2D eigenvalue weighted by Gasteiger charge is 2.44. The van der Waals surface area contributed by atoms with E-state index < -0.39 is 42.5 Å². The summed E-state index contributed by atoms with van der Waals surface area (Å²) >= 11 is 0. The maximum absolute atomic E-state index is 13.5. The molecule has 118 valence electrons. The Morgan fingerprint density at radius 3 is 2.73 bits per heavy atom. The number of hydrogen-bond donors (Lipinski definition) is 4. The molecular formula is C13H14FN3O5. The van der Waals surface area contributed by atoms with E-state index in [2.05, 4.69) is 15.0 Å². The van der Waals surface area contributed by atoms with Gasteiger partial charge in [0.15, 0.2) is 5.65 Å². The molecule has 4 atom stereocenters. The third-order valence-electron chi connectivity index (χ3n) is 3.67. The molecule has 2 aromatic rings. The number of rotatable bonds is 2.